The van der Waals surface area contributed by atoms with Crippen LogP contribution in [0.1, 0.15) is 19.4 Å². The number of rotatable bonds is 5. The number of carboxylic acids is 1. The summed E-state index contributed by atoms with van der Waals surface area (Å²) in [6, 6.07) is 2.78. The number of nitrogens with zero attached hydrogens (tertiary/aromatic N) is 1. The fourth-order valence-corrected chi connectivity index (χ4v) is 4.28. The number of hydrogen-bond acceptors (Lipinski definition) is 4. The average molecular weight is 334 g/mol. The van der Waals surface area contributed by atoms with Crippen molar-refractivity contribution in [1.29, 1.82) is 0 Å². The van der Waals surface area contributed by atoms with E-state index >= 15 is 0 Å². The number of benzene rings is 1. The van der Waals surface area contributed by atoms with E-state index < -0.39 is 22.1 Å². The first-order valence-corrected chi connectivity index (χ1v) is 8.35. The molecule has 2 rings (SSSR count). The molecule has 1 aromatic carbocycles. The molecule has 1 N–H and O–H groups in total. The van der Waals surface area contributed by atoms with Gasteiger partial charge in [-0.3, -0.25) is 0 Å². The van der Waals surface area contributed by atoms with Gasteiger partial charge in [0, 0.05) is 25.6 Å². The van der Waals surface area contributed by atoms with Crippen LogP contribution in [0.2, 0.25) is 5.02 Å². The normalized spacial score (nSPS) is 17.6. The molecule has 0 fully saturated rings. The van der Waals surface area contributed by atoms with Crippen LogP contribution in [0.25, 0.3) is 0 Å². The quantitative estimate of drug-likeness (QED) is 0.887. The summed E-state index contributed by atoms with van der Waals surface area (Å²) >= 11 is 6.04. The van der Waals surface area contributed by atoms with E-state index in [4.69, 9.17) is 21.4 Å². The lowest BCUT2D eigenvalue weighted by atomic mass is 10.1. The number of ether oxygens (including phenoxy) is 1. The number of carboxylic acid groups (broad SMARTS) is 1. The van der Waals surface area contributed by atoms with Gasteiger partial charge in [0.1, 0.15) is 10.6 Å². The highest BCUT2D eigenvalue weighted by Crippen LogP contribution is 2.36. The topological polar surface area (TPSA) is 83.9 Å². The Morgan fingerprint density at radius 1 is 1.43 bits per heavy atom. The third-order valence-electron chi connectivity index (χ3n) is 3.39. The van der Waals surface area contributed by atoms with E-state index in [9.17, 15) is 13.2 Å². The molecular weight excluding hydrogens is 318 g/mol. The summed E-state index contributed by atoms with van der Waals surface area (Å²) < 4.78 is 31.6. The molecule has 1 unspecified atom stereocenters. The highest BCUT2D eigenvalue weighted by Gasteiger charge is 2.32. The van der Waals surface area contributed by atoms with E-state index in [1.165, 1.54) is 16.4 Å². The summed E-state index contributed by atoms with van der Waals surface area (Å²) in [4.78, 5) is 10.9. The second-order valence-corrected chi connectivity index (χ2v) is 6.94. The zero-order chi connectivity index (χ0) is 15.8. The van der Waals surface area contributed by atoms with Gasteiger partial charge in [0.15, 0.2) is 6.10 Å². The second-order valence-electron chi connectivity index (χ2n) is 4.63. The van der Waals surface area contributed by atoms with Crippen LogP contribution in [0, 0.1) is 0 Å². The van der Waals surface area contributed by atoms with Crippen LogP contribution < -0.4 is 4.74 Å². The molecule has 0 amide bonds. The molecule has 6 nitrogen and oxygen atoms in total. The Kier molecular flexibility index (Phi) is 4.46. The summed E-state index contributed by atoms with van der Waals surface area (Å²) in [5.74, 6) is -0.763. The third kappa shape index (κ3) is 2.86. The highest BCUT2D eigenvalue weighted by molar-refractivity contribution is 7.89. The zero-order valence-electron chi connectivity index (χ0n) is 11.7. The van der Waals surface area contributed by atoms with Gasteiger partial charge in [-0.25, -0.2) is 13.2 Å². The lowest BCUT2D eigenvalue weighted by molar-refractivity contribution is -0.144. The minimum atomic E-state index is -3.69. The minimum absolute atomic E-state index is 0.0127. The molecule has 116 valence electrons. The van der Waals surface area contributed by atoms with Crippen molar-refractivity contribution >= 4 is 27.6 Å². The van der Waals surface area contributed by atoms with Crippen molar-refractivity contribution in [2.45, 2.75) is 31.3 Å². The molecule has 0 aromatic heterocycles. The molecule has 0 bridgehead atoms. The van der Waals surface area contributed by atoms with E-state index in [1.54, 1.807) is 13.8 Å². The zero-order valence-corrected chi connectivity index (χ0v) is 13.2. The Bertz CT molecular complexity index is 669. The number of carbonyl (C=O) groups is 1. The van der Waals surface area contributed by atoms with Crippen LogP contribution in [-0.4, -0.2) is 43.0 Å². The number of hydrogen-bond donors (Lipinski definition) is 1. The summed E-state index contributed by atoms with van der Waals surface area (Å²) in [7, 11) is -3.69. The fraction of sp³-hybridized carbons (Fsp3) is 0.462. The molecule has 0 radical (unpaired) electrons. The lowest BCUT2D eigenvalue weighted by Gasteiger charge is -2.19. The van der Waals surface area contributed by atoms with Gasteiger partial charge < -0.3 is 9.84 Å². The summed E-state index contributed by atoms with van der Waals surface area (Å²) in [5, 5.41) is 9.00. The smallest absolute Gasteiger partial charge is 0.345 e. The molecule has 0 aliphatic carbocycles. The van der Waals surface area contributed by atoms with E-state index in [0.29, 0.717) is 24.4 Å². The third-order valence-corrected chi connectivity index (χ3v) is 5.90. The summed E-state index contributed by atoms with van der Waals surface area (Å²) in [6.45, 7) is 4.15. The van der Waals surface area contributed by atoms with Crippen molar-refractivity contribution in [3.8, 4) is 5.75 Å². The van der Waals surface area contributed by atoms with Gasteiger partial charge in [-0.15, -0.1) is 0 Å². The maximum absolute atomic E-state index is 12.5. The van der Waals surface area contributed by atoms with Crippen LogP contribution in [0.15, 0.2) is 17.0 Å². The van der Waals surface area contributed by atoms with Gasteiger partial charge in [-0.2, -0.15) is 4.31 Å². The molecule has 8 heteroatoms. The van der Waals surface area contributed by atoms with Crippen LogP contribution in [0.3, 0.4) is 0 Å². The maximum atomic E-state index is 12.5. The Labute approximate surface area is 128 Å². The van der Waals surface area contributed by atoms with E-state index in [2.05, 4.69) is 0 Å². The van der Waals surface area contributed by atoms with Crippen LogP contribution in [0.4, 0.5) is 0 Å². The van der Waals surface area contributed by atoms with Crippen molar-refractivity contribution < 1.29 is 23.1 Å². The second kappa shape index (κ2) is 5.82. The molecule has 21 heavy (non-hydrogen) atoms. The fourth-order valence-electron chi connectivity index (χ4n) is 2.28. The predicted octanol–water partition coefficient (Wildman–Crippen LogP) is 1.76. The predicted molar refractivity (Wildman–Crippen MR) is 77.3 cm³/mol. The molecule has 0 saturated carbocycles. The van der Waals surface area contributed by atoms with E-state index in [-0.39, 0.29) is 16.3 Å². The Hall–Kier alpha value is -1.31. The molecule has 0 spiro atoms. The Balaban J connectivity index is 2.46. The molecule has 1 aliphatic heterocycles. The van der Waals surface area contributed by atoms with Crippen molar-refractivity contribution in [3.63, 3.8) is 0 Å². The van der Waals surface area contributed by atoms with Gasteiger partial charge in [-0.05, 0) is 11.6 Å². The van der Waals surface area contributed by atoms with Crippen molar-refractivity contribution in [1.82, 2.24) is 4.31 Å². The average Bonchev–Trinajstić information content (AvgIpc) is 2.81. The molecule has 0 saturated heterocycles. The van der Waals surface area contributed by atoms with E-state index in [0.717, 1.165) is 0 Å². The van der Waals surface area contributed by atoms with E-state index in [1.807, 2.05) is 0 Å². The van der Waals surface area contributed by atoms with Gasteiger partial charge >= 0.3 is 5.97 Å². The van der Waals surface area contributed by atoms with Crippen LogP contribution >= 0.6 is 11.6 Å². The largest absolute Gasteiger partial charge is 0.478 e. The molecular formula is C13H16ClNO5S. The number of fused-ring (bicyclic) bond motifs is 1. The van der Waals surface area contributed by atoms with Crippen LogP contribution in [0.5, 0.6) is 5.75 Å². The molecule has 1 heterocycles. The Morgan fingerprint density at radius 3 is 2.57 bits per heavy atom. The SMILES string of the molecule is CCN(CC)S(=O)(=O)c1cc2c(cc1Cl)OC(C(=O)O)C2. The first-order chi connectivity index (χ1) is 9.81. The van der Waals surface area contributed by atoms with Crippen LogP contribution in [-0.2, 0) is 21.2 Å². The maximum Gasteiger partial charge on any atom is 0.345 e. The van der Waals surface area contributed by atoms with Crippen molar-refractivity contribution in [2.24, 2.45) is 0 Å². The number of sulfonamides is 1. The van der Waals surface area contributed by atoms with Gasteiger partial charge in [0.05, 0.1) is 5.02 Å². The van der Waals surface area contributed by atoms with Crippen molar-refractivity contribution in [2.75, 3.05) is 13.1 Å². The number of aliphatic carboxylic acids is 1. The van der Waals surface area contributed by atoms with Gasteiger partial charge in [0.2, 0.25) is 10.0 Å². The Morgan fingerprint density at radius 2 is 2.05 bits per heavy atom. The standard InChI is InChI=1S/C13H16ClNO5S/c1-3-15(4-2)21(18,19)12-6-8-5-11(13(16)17)20-10(8)7-9(12)14/h6-7,11H,3-5H2,1-2H3,(H,16,17). The lowest BCUT2D eigenvalue weighted by Crippen LogP contribution is -2.30. The minimum Gasteiger partial charge on any atom is -0.478 e. The molecule has 1 aliphatic rings. The van der Waals surface area contributed by atoms with Gasteiger partial charge in [0.25, 0.3) is 0 Å². The summed E-state index contributed by atoms with van der Waals surface area (Å²) in [5.41, 5.74) is 0.539. The monoisotopic (exact) mass is 333 g/mol. The highest BCUT2D eigenvalue weighted by atomic mass is 35.5. The first-order valence-electron chi connectivity index (χ1n) is 6.53. The van der Waals surface area contributed by atoms with Gasteiger partial charge in [-0.1, -0.05) is 25.4 Å². The number of halogens is 1. The molecule has 1 atom stereocenters. The van der Waals surface area contributed by atoms with Crippen molar-refractivity contribution in [3.05, 3.63) is 22.7 Å². The molecule has 1 aromatic rings. The summed E-state index contributed by atoms with van der Waals surface area (Å²) in [6.07, 6.45) is -0.870. The first kappa shape index (κ1) is 16.1.